The standard InChI is InChI=1S/C20H34O/c1-7-20(6,21)16-10-15-19(5)14-9-13-18(4)12-8-11-17(2)3/h1,11,13,19,21H,8-10,12,14-16H2,2-6H3. The molecular formula is C20H34O. The van der Waals surface area contributed by atoms with Crippen LogP contribution in [-0.4, -0.2) is 10.7 Å². The maximum atomic E-state index is 9.76. The molecule has 0 aromatic rings. The Bertz CT molecular complexity index is 375. The van der Waals surface area contributed by atoms with Gasteiger partial charge in [0.25, 0.3) is 0 Å². The number of hydrogen-bond donors (Lipinski definition) is 1. The highest BCUT2D eigenvalue weighted by molar-refractivity contribution is 5.04. The minimum atomic E-state index is -0.929. The zero-order valence-electron chi connectivity index (χ0n) is 14.7. The molecule has 21 heavy (non-hydrogen) atoms. The molecule has 120 valence electrons. The molecule has 0 aliphatic rings. The molecule has 0 aliphatic carbocycles. The first-order valence-electron chi connectivity index (χ1n) is 8.26. The second-order valence-electron chi connectivity index (χ2n) is 6.86. The molecule has 1 heteroatoms. The minimum absolute atomic E-state index is 0.695. The maximum absolute atomic E-state index is 9.76. The summed E-state index contributed by atoms with van der Waals surface area (Å²) in [4.78, 5) is 0. The van der Waals surface area contributed by atoms with E-state index in [-0.39, 0.29) is 0 Å². The molecule has 0 rings (SSSR count). The van der Waals surface area contributed by atoms with Gasteiger partial charge in [0.15, 0.2) is 0 Å². The first-order valence-corrected chi connectivity index (χ1v) is 8.26. The molecule has 0 spiro atoms. The molecular weight excluding hydrogens is 256 g/mol. The molecule has 0 aliphatic heterocycles. The van der Waals surface area contributed by atoms with Crippen molar-refractivity contribution in [3.63, 3.8) is 0 Å². The molecule has 1 nitrogen and oxygen atoms in total. The van der Waals surface area contributed by atoms with Gasteiger partial charge >= 0.3 is 0 Å². The molecule has 0 aromatic heterocycles. The second kappa shape index (κ2) is 10.7. The van der Waals surface area contributed by atoms with Gasteiger partial charge in [0, 0.05) is 0 Å². The van der Waals surface area contributed by atoms with Gasteiger partial charge in [0.05, 0.1) is 0 Å². The second-order valence-corrected chi connectivity index (χ2v) is 6.86. The predicted octanol–water partition coefficient (Wildman–Crippen LogP) is 5.65. The van der Waals surface area contributed by atoms with E-state index in [1.165, 1.54) is 24.0 Å². The van der Waals surface area contributed by atoms with E-state index in [1.54, 1.807) is 6.92 Å². The Balaban J connectivity index is 3.81. The SMILES string of the molecule is C#CC(C)(O)CCCC(C)CCC=C(C)CCC=C(C)C. The van der Waals surface area contributed by atoms with Crippen LogP contribution in [0.4, 0.5) is 0 Å². The summed E-state index contributed by atoms with van der Waals surface area (Å²) in [6.45, 7) is 10.5. The van der Waals surface area contributed by atoms with Crippen molar-refractivity contribution in [3.05, 3.63) is 23.3 Å². The van der Waals surface area contributed by atoms with E-state index >= 15 is 0 Å². The summed E-state index contributed by atoms with van der Waals surface area (Å²) in [7, 11) is 0. The van der Waals surface area contributed by atoms with Crippen molar-refractivity contribution in [1.29, 1.82) is 0 Å². The highest BCUT2D eigenvalue weighted by atomic mass is 16.3. The lowest BCUT2D eigenvalue weighted by Gasteiger charge is -2.17. The molecule has 1 N–H and O–H groups in total. The predicted molar refractivity (Wildman–Crippen MR) is 94.1 cm³/mol. The summed E-state index contributed by atoms with van der Waals surface area (Å²) < 4.78 is 0. The monoisotopic (exact) mass is 290 g/mol. The summed E-state index contributed by atoms with van der Waals surface area (Å²) >= 11 is 0. The van der Waals surface area contributed by atoms with E-state index in [1.807, 2.05) is 0 Å². The van der Waals surface area contributed by atoms with E-state index in [0.717, 1.165) is 25.7 Å². The van der Waals surface area contributed by atoms with Crippen LogP contribution in [0.15, 0.2) is 23.3 Å². The summed E-state index contributed by atoms with van der Waals surface area (Å²) in [6.07, 6.45) is 17.5. The van der Waals surface area contributed by atoms with E-state index in [4.69, 9.17) is 6.42 Å². The van der Waals surface area contributed by atoms with E-state index in [2.05, 4.69) is 45.8 Å². The summed E-state index contributed by atoms with van der Waals surface area (Å²) in [6, 6.07) is 0. The van der Waals surface area contributed by atoms with Gasteiger partial charge in [-0.15, -0.1) is 6.42 Å². The summed E-state index contributed by atoms with van der Waals surface area (Å²) in [5.41, 5.74) is 1.97. The van der Waals surface area contributed by atoms with Crippen LogP contribution in [0.2, 0.25) is 0 Å². The average Bonchev–Trinajstić information content (AvgIpc) is 2.38. The van der Waals surface area contributed by atoms with Crippen LogP contribution < -0.4 is 0 Å². The Hall–Kier alpha value is -1.00. The normalized spacial score (nSPS) is 16.0. The molecule has 2 unspecified atom stereocenters. The highest BCUT2D eigenvalue weighted by Crippen LogP contribution is 2.19. The number of aliphatic hydroxyl groups is 1. The van der Waals surface area contributed by atoms with Crippen LogP contribution in [0.5, 0.6) is 0 Å². The zero-order chi connectivity index (χ0) is 16.3. The molecule has 0 radical (unpaired) electrons. The lowest BCUT2D eigenvalue weighted by Crippen LogP contribution is -2.20. The van der Waals surface area contributed by atoms with Gasteiger partial charge in [-0.2, -0.15) is 0 Å². The fourth-order valence-electron chi connectivity index (χ4n) is 2.32. The fraction of sp³-hybridized carbons (Fsp3) is 0.700. The molecule has 0 saturated heterocycles. The van der Waals surface area contributed by atoms with Gasteiger partial charge in [-0.25, -0.2) is 0 Å². The smallest absolute Gasteiger partial charge is 0.122 e. The van der Waals surface area contributed by atoms with Crippen LogP contribution in [-0.2, 0) is 0 Å². The van der Waals surface area contributed by atoms with Gasteiger partial charge in [0.2, 0.25) is 0 Å². The number of hydrogen-bond acceptors (Lipinski definition) is 1. The first kappa shape index (κ1) is 20.0. The Morgan fingerprint density at radius 2 is 1.86 bits per heavy atom. The molecule has 0 aromatic carbocycles. The molecule has 0 saturated carbocycles. The van der Waals surface area contributed by atoms with Crippen LogP contribution in [0.25, 0.3) is 0 Å². The third-order valence-corrected chi connectivity index (χ3v) is 3.91. The van der Waals surface area contributed by atoms with Gasteiger partial charge in [-0.3, -0.25) is 0 Å². The zero-order valence-corrected chi connectivity index (χ0v) is 14.7. The number of rotatable bonds is 10. The van der Waals surface area contributed by atoms with E-state index in [0.29, 0.717) is 12.3 Å². The van der Waals surface area contributed by atoms with Crippen molar-refractivity contribution in [1.82, 2.24) is 0 Å². The lowest BCUT2D eigenvalue weighted by molar-refractivity contribution is 0.107. The largest absolute Gasteiger partial charge is 0.378 e. The van der Waals surface area contributed by atoms with Crippen molar-refractivity contribution in [2.24, 2.45) is 5.92 Å². The highest BCUT2D eigenvalue weighted by Gasteiger charge is 2.15. The van der Waals surface area contributed by atoms with Gasteiger partial charge in [-0.05, 0) is 72.1 Å². The molecule has 0 amide bonds. The Morgan fingerprint density at radius 3 is 2.43 bits per heavy atom. The third kappa shape index (κ3) is 12.5. The van der Waals surface area contributed by atoms with E-state index < -0.39 is 5.60 Å². The van der Waals surface area contributed by atoms with Gasteiger partial charge in [-0.1, -0.05) is 42.6 Å². The van der Waals surface area contributed by atoms with E-state index in [9.17, 15) is 5.11 Å². The quantitative estimate of drug-likeness (QED) is 0.407. The number of terminal acetylenes is 1. The van der Waals surface area contributed by atoms with Crippen LogP contribution in [0.3, 0.4) is 0 Å². The summed E-state index contributed by atoms with van der Waals surface area (Å²) in [5.74, 6) is 3.14. The van der Waals surface area contributed by atoms with Crippen molar-refractivity contribution in [2.45, 2.75) is 85.2 Å². The maximum Gasteiger partial charge on any atom is 0.122 e. The summed E-state index contributed by atoms with van der Waals surface area (Å²) in [5, 5.41) is 9.76. The van der Waals surface area contributed by atoms with Crippen LogP contribution in [0, 0.1) is 18.3 Å². The van der Waals surface area contributed by atoms with Crippen LogP contribution in [0.1, 0.15) is 79.6 Å². The van der Waals surface area contributed by atoms with Crippen molar-refractivity contribution < 1.29 is 5.11 Å². The Labute approximate surface area is 132 Å². The fourth-order valence-corrected chi connectivity index (χ4v) is 2.32. The number of allylic oxidation sites excluding steroid dienone is 4. The lowest BCUT2D eigenvalue weighted by atomic mass is 9.93. The molecule has 2 atom stereocenters. The third-order valence-electron chi connectivity index (χ3n) is 3.91. The minimum Gasteiger partial charge on any atom is -0.378 e. The first-order chi connectivity index (χ1) is 9.76. The van der Waals surface area contributed by atoms with Crippen molar-refractivity contribution >= 4 is 0 Å². The van der Waals surface area contributed by atoms with Crippen molar-refractivity contribution in [3.8, 4) is 12.3 Å². The van der Waals surface area contributed by atoms with Crippen molar-refractivity contribution in [2.75, 3.05) is 0 Å². The molecule has 0 fully saturated rings. The van der Waals surface area contributed by atoms with Gasteiger partial charge < -0.3 is 5.11 Å². The molecule has 0 bridgehead atoms. The van der Waals surface area contributed by atoms with Gasteiger partial charge in [0.1, 0.15) is 5.60 Å². The topological polar surface area (TPSA) is 20.2 Å². The average molecular weight is 290 g/mol. The van der Waals surface area contributed by atoms with Crippen LogP contribution >= 0.6 is 0 Å². The molecule has 0 heterocycles. The Kier molecular flexibility index (Phi) is 10.2. The Morgan fingerprint density at radius 1 is 1.19 bits per heavy atom.